The molecule has 0 rings (SSSR count). The minimum absolute atomic E-state index is 0.290. The normalized spacial score (nSPS) is 11.3. The van der Waals surface area contributed by atoms with Crippen molar-refractivity contribution >= 4 is 5.97 Å². The van der Waals surface area contributed by atoms with Crippen LogP contribution in [0, 0.1) is 0 Å². The van der Waals surface area contributed by atoms with E-state index in [0.29, 0.717) is 5.70 Å². The first-order chi connectivity index (χ1) is 5.22. The molecule has 0 heterocycles. The third-order valence-corrected chi connectivity index (χ3v) is 1.36. The number of carboxylic acid groups (broad SMARTS) is 1. The number of unbranched alkanes of at least 4 members (excludes halogenated alkanes) is 1. The molecule has 0 saturated heterocycles. The monoisotopic (exact) mass is 157 g/mol. The van der Waals surface area contributed by atoms with Gasteiger partial charge in [0.1, 0.15) is 5.70 Å². The summed E-state index contributed by atoms with van der Waals surface area (Å²) in [5.74, 6) is -0.886. The molecule has 0 spiro atoms. The highest BCUT2D eigenvalue weighted by Crippen LogP contribution is 1.90. The minimum atomic E-state index is -0.886. The number of carbonyl (C=O) groups is 1. The Morgan fingerprint density at radius 3 is 2.64 bits per heavy atom. The Balaban J connectivity index is 3.63. The van der Waals surface area contributed by atoms with E-state index >= 15 is 0 Å². The summed E-state index contributed by atoms with van der Waals surface area (Å²) in [7, 11) is 0. The standard InChI is InChI=1S/C8H15NO2/c1-3-5-6-9-7(4-2)8(10)11/h4,9H,3,5-6H2,1-2H3,(H,10,11)/b7-4-. The molecule has 0 radical (unpaired) electrons. The Morgan fingerprint density at radius 1 is 1.64 bits per heavy atom. The van der Waals surface area contributed by atoms with Crippen LogP contribution in [0.2, 0.25) is 0 Å². The van der Waals surface area contributed by atoms with Gasteiger partial charge in [-0.2, -0.15) is 0 Å². The van der Waals surface area contributed by atoms with E-state index in [-0.39, 0.29) is 0 Å². The zero-order chi connectivity index (χ0) is 8.69. The molecule has 0 aliphatic rings. The molecule has 3 heteroatoms. The maximum atomic E-state index is 10.4. The van der Waals surface area contributed by atoms with Crippen molar-refractivity contribution in [1.29, 1.82) is 0 Å². The zero-order valence-corrected chi connectivity index (χ0v) is 7.05. The third-order valence-electron chi connectivity index (χ3n) is 1.36. The van der Waals surface area contributed by atoms with Gasteiger partial charge in [0.2, 0.25) is 0 Å². The highest BCUT2D eigenvalue weighted by molar-refractivity contribution is 5.85. The van der Waals surface area contributed by atoms with Crippen molar-refractivity contribution < 1.29 is 9.90 Å². The predicted molar refractivity (Wildman–Crippen MR) is 44.3 cm³/mol. The maximum Gasteiger partial charge on any atom is 0.351 e. The van der Waals surface area contributed by atoms with Gasteiger partial charge in [0, 0.05) is 6.54 Å². The molecule has 0 aliphatic heterocycles. The average molecular weight is 157 g/mol. The number of aliphatic carboxylic acids is 1. The summed E-state index contributed by atoms with van der Waals surface area (Å²) in [5.41, 5.74) is 0.290. The second kappa shape index (κ2) is 5.77. The Morgan fingerprint density at radius 2 is 2.27 bits per heavy atom. The van der Waals surface area contributed by atoms with E-state index in [0.717, 1.165) is 19.4 Å². The number of allylic oxidation sites excluding steroid dienone is 1. The van der Waals surface area contributed by atoms with Gasteiger partial charge < -0.3 is 10.4 Å². The summed E-state index contributed by atoms with van der Waals surface area (Å²) in [5, 5.41) is 11.4. The highest BCUT2D eigenvalue weighted by Gasteiger charge is 2.02. The molecule has 11 heavy (non-hydrogen) atoms. The first-order valence-corrected chi connectivity index (χ1v) is 3.85. The fourth-order valence-electron chi connectivity index (χ4n) is 0.701. The molecule has 0 aromatic rings. The fraction of sp³-hybridized carbons (Fsp3) is 0.625. The second-order valence-corrected chi connectivity index (χ2v) is 2.29. The Hall–Kier alpha value is -0.990. The van der Waals surface area contributed by atoms with E-state index in [2.05, 4.69) is 12.2 Å². The van der Waals surface area contributed by atoms with Crippen molar-refractivity contribution in [2.24, 2.45) is 0 Å². The van der Waals surface area contributed by atoms with Crippen LogP contribution in [0.1, 0.15) is 26.7 Å². The fourth-order valence-corrected chi connectivity index (χ4v) is 0.701. The van der Waals surface area contributed by atoms with E-state index in [1.807, 2.05) is 0 Å². The number of carboxylic acids is 1. The molecule has 3 nitrogen and oxygen atoms in total. The van der Waals surface area contributed by atoms with Gasteiger partial charge in [0.25, 0.3) is 0 Å². The molecule has 0 bridgehead atoms. The maximum absolute atomic E-state index is 10.4. The predicted octanol–water partition coefficient (Wildman–Crippen LogP) is 1.36. The summed E-state index contributed by atoms with van der Waals surface area (Å²) in [4.78, 5) is 10.4. The first-order valence-electron chi connectivity index (χ1n) is 3.85. The van der Waals surface area contributed by atoms with Crippen LogP contribution in [0.4, 0.5) is 0 Å². The van der Waals surface area contributed by atoms with E-state index in [9.17, 15) is 4.79 Å². The highest BCUT2D eigenvalue weighted by atomic mass is 16.4. The SMILES string of the molecule is C/C=C(\NCCCC)C(=O)O. The van der Waals surface area contributed by atoms with Gasteiger partial charge in [-0.1, -0.05) is 19.4 Å². The van der Waals surface area contributed by atoms with Crippen LogP contribution < -0.4 is 5.32 Å². The molecule has 2 N–H and O–H groups in total. The van der Waals surface area contributed by atoms with Crippen LogP contribution in [-0.2, 0) is 4.79 Å². The van der Waals surface area contributed by atoms with Crippen LogP contribution in [0.5, 0.6) is 0 Å². The largest absolute Gasteiger partial charge is 0.477 e. The van der Waals surface area contributed by atoms with E-state index in [1.54, 1.807) is 13.0 Å². The second-order valence-electron chi connectivity index (χ2n) is 2.29. The van der Waals surface area contributed by atoms with Gasteiger partial charge in [0.15, 0.2) is 0 Å². The first kappa shape index (κ1) is 10.0. The molecule has 0 unspecified atom stereocenters. The van der Waals surface area contributed by atoms with Crippen molar-refractivity contribution in [3.63, 3.8) is 0 Å². The zero-order valence-electron chi connectivity index (χ0n) is 7.05. The summed E-state index contributed by atoms with van der Waals surface area (Å²) in [6.45, 7) is 4.52. The van der Waals surface area contributed by atoms with Crippen molar-refractivity contribution in [3.8, 4) is 0 Å². The Bertz CT molecular complexity index is 152. The van der Waals surface area contributed by atoms with E-state index < -0.39 is 5.97 Å². The van der Waals surface area contributed by atoms with Crippen LogP contribution in [0.3, 0.4) is 0 Å². The average Bonchev–Trinajstić information content (AvgIpc) is 1.97. The molecular weight excluding hydrogens is 142 g/mol. The Kier molecular flexibility index (Phi) is 5.25. The number of hydrogen-bond donors (Lipinski definition) is 2. The molecule has 0 fully saturated rings. The molecule has 64 valence electrons. The minimum Gasteiger partial charge on any atom is -0.477 e. The van der Waals surface area contributed by atoms with Gasteiger partial charge in [-0.3, -0.25) is 0 Å². The van der Waals surface area contributed by atoms with Crippen LogP contribution >= 0.6 is 0 Å². The molecule has 0 aromatic heterocycles. The lowest BCUT2D eigenvalue weighted by atomic mass is 10.3. The molecule has 0 aromatic carbocycles. The Labute approximate surface area is 67.1 Å². The molecule has 0 saturated carbocycles. The summed E-state index contributed by atoms with van der Waals surface area (Å²) in [6.07, 6.45) is 3.65. The van der Waals surface area contributed by atoms with E-state index in [4.69, 9.17) is 5.11 Å². The molecular formula is C8H15NO2. The molecule has 0 atom stereocenters. The summed E-state index contributed by atoms with van der Waals surface area (Å²) in [6, 6.07) is 0. The van der Waals surface area contributed by atoms with Crippen molar-refractivity contribution in [3.05, 3.63) is 11.8 Å². The quantitative estimate of drug-likeness (QED) is 0.468. The van der Waals surface area contributed by atoms with E-state index in [1.165, 1.54) is 0 Å². The van der Waals surface area contributed by atoms with Gasteiger partial charge in [0.05, 0.1) is 0 Å². The van der Waals surface area contributed by atoms with Gasteiger partial charge in [-0.25, -0.2) is 4.79 Å². The van der Waals surface area contributed by atoms with Crippen molar-refractivity contribution in [2.75, 3.05) is 6.54 Å². The molecule has 0 amide bonds. The summed E-state index contributed by atoms with van der Waals surface area (Å²) >= 11 is 0. The van der Waals surface area contributed by atoms with Crippen molar-refractivity contribution in [2.45, 2.75) is 26.7 Å². The number of hydrogen-bond acceptors (Lipinski definition) is 2. The van der Waals surface area contributed by atoms with Gasteiger partial charge >= 0.3 is 5.97 Å². The lowest BCUT2D eigenvalue weighted by Crippen LogP contribution is -2.20. The third kappa shape index (κ3) is 4.42. The van der Waals surface area contributed by atoms with Crippen LogP contribution in [-0.4, -0.2) is 17.6 Å². The lowest BCUT2D eigenvalue weighted by molar-refractivity contribution is -0.133. The van der Waals surface area contributed by atoms with Crippen molar-refractivity contribution in [1.82, 2.24) is 5.32 Å². The smallest absolute Gasteiger partial charge is 0.351 e. The van der Waals surface area contributed by atoms with Gasteiger partial charge in [-0.05, 0) is 13.3 Å². The number of nitrogens with one attached hydrogen (secondary N) is 1. The number of rotatable bonds is 5. The van der Waals surface area contributed by atoms with Crippen LogP contribution in [0.15, 0.2) is 11.8 Å². The topological polar surface area (TPSA) is 49.3 Å². The van der Waals surface area contributed by atoms with Crippen LogP contribution in [0.25, 0.3) is 0 Å². The lowest BCUT2D eigenvalue weighted by Gasteiger charge is -2.03. The summed E-state index contributed by atoms with van der Waals surface area (Å²) < 4.78 is 0. The van der Waals surface area contributed by atoms with Gasteiger partial charge in [-0.15, -0.1) is 0 Å². The molecule has 0 aliphatic carbocycles.